The number of aryl methyl sites for hydroxylation is 2. The first kappa shape index (κ1) is 13.8. The molecule has 6 nitrogen and oxygen atoms in total. The van der Waals surface area contributed by atoms with Gasteiger partial charge in [-0.1, -0.05) is 11.6 Å². The second kappa shape index (κ2) is 5.99. The fourth-order valence-electron chi connectivity index (χ4n) is 1.79. The first-order valence-corrected chi connectivity index (χ1v) is 6.37. The lowest BCUT2D eigenvalue weighted by Gasteiger charge is -2.11. The molecular formula is C12H16ClN5O. The Balaban J connectivity index is 2.46. The van der Waals surface area contributed by atoms with Gasteiger partial charge < -0.3 is 10.5 Å². The summed E-state index contributed by atoms with van der Waals surface area (Å²) in [7, 11) is 1.59. The molecule has 0 amide bonds. The number of tetrazole rings is 1. The van der Waals surface area contributed by atoms with Gasteiger partial charge in [-0.25, -0.2) is 0 Å². The van der Waals surface area contributed by atoms with Crippen molar-refractivity contribution in [2.75, 3.05) is 13.7 Å². The molecular weight excluding hydrogens is 266 g/mol. The second-order valence-electron chi connectivity index (χ2n) is 4.17. The van der Waals surface area contributed by atoms with Crippen LogP contribution in [0.25, 0.3) is 5.69 Å². The van der Waals surface area contributed by atoms with E-state index in [2.05, 4.69) is 15.5 Å². The van der Waals surface area contributed by atoms with Crippen LogP contribution in [-0.4, -0.2) is 33.9 Å². The molecule has 0 unspecified atom stereocenters. The zero-order valence-corrected chi connectivity index (χ0v) is 11.7. The third-order valence-corrected chi connectivity index (χ3v) is 3.23. The number of methoxy groups -OCH3 is 1. The predicted molar refractivity (Wildman–Crippen MR) is 72.8 cm³/mol. The monoisotopic (exact) mass is 281 g/mol. The fourth-order valence-corrected chi connectivity index (χ4v) is 1.94. The second-order valence-corrected chi connectivity index (χ2v) is 4.58. The molecule has 0 saturated carbocycles. The smallest absolute Gasteiger partial charge is 0.156 e. The molecule has 0 aliphatic carbocycles. The van der Waals surface area contributed by atoms with Crippen LogP contribution in [0.4, 0.5) is 0 Å². The zero-order chi connectivity index (χ0) is 13.8. The van der Waals surface area contributed by atoms with Crippen LogP contribution in [0, 0.1) is 6.92 Å². The van der Waals surface area contributed by atoms with Crippen molar-refractivity contribution in [2.45, 2.75) is 19.8 Å². The molecule has 2 N–H and O–H groups in total. The molecule has 0 spiro atoms. The summed E-state index contributed by atoms with van der Waals surface area (Å²) >= 11 is 6.09. The van der Waals surface area contributed by atoms with Crippen molar-refractivity contribution in [1.29, 1.82) is 0 Å². The average molecular weight is 282 g/mol. The third kappa shape index (κ3) is 2.85. The number of nitrogens with zero attached hydrogens (tertiary/aromatic N) is 4. The van der Waals surface area contributed by atoms with Gasteiger partial charge in [-0.2, -0.15) is 4.68 Å². The van der Waals surface area contributed by atoms with E-state index in [1.807, 2.05) is 13.0 Å². The summed E-state index contributed by atoms with van der Waals surface area (Å²) in [6.07, 6.45) is 1.55. The van der Waals surface area contributed by atoms with E-state index >= 15 is 0 Å². The van der Waals surface area contributed by atoms with Gasteiger partial charge in [0.25, 0.3) is 0 Å². The Hall–Kier alpha value is -1.66. The Morgan fingerprint density at radius 3 is 2.89 bits per heavy atom. The molecule has 1 aromatic carbocycles. The van der Waals surface area contributed by atoms with Gasteiger partial charge in [-0.3, -0.25) is 0 Å². The van der Waals surface area contributed by atoms with Gasteiger partial charge in [-0.15, -0.1) is 5.10 Å². The molecule has 7 heteroatoms. The van der Waals surface area contributed by atoms with Crippen molar-refractivity contribution in [1.82, 2.24) is 20.2 Å². The third-order valence-electron chi connectivity index (χ3n) is 2.83. The van der Waals surface area contributed by atoms with Gasteiger partial charge >= 0.3 is 0 Å². The number of rotatable bonds is 5. The van der Waals surface area contributed by atoms with Gasteiger partial charge in [0.15, 0.2) is 5.82 Å². The topological polar surface area (TPSA) is 78.8 Å². The maximum Gasteiger partial charge on any atom is 0.156 e. The summed E-state index contributed by atoms with van der Waals surface area (Å²) in [4.78, 5) is 0. The number of nitrogens with two attached hydrogens (primary N) is 1. The standard InChI is InChI=1S/C12H16ClN5O/c1-8-6-10(11(19-2)7-9(8)13)18-12(4-3-5-14)15-16-17-18/h6-7H,3-5,14H2,1-2H3. The van der Waals surface area contributed by atoms with Crippen LogP contribution in [0.15, 0.2) is 12.1 Å². The summed E-state index contributed by atoms with van der Waals surface area (Å²) in [5.41, 5.74) is 7.24. The van der Waals surface area contributed by atoms with E-state index in [4.69, 9.17) is 22.1 Å². The van der Waals surface area contributed by atoms with Crippen LogP contribution in [0.1, 0.15) is 17.8 Å². The number of halogens is 1. The van der Waals surface area contributed by atoms with Crippen molar-refractivity contribution in [3.05, 3.63) is 28.5 Å². The molecule has 0 aliphatic heterocycles. The van der Waals surface area contributed by atoms with Gasteiger partial charge in [-0.05, 0) is 41.9 Å². The molecule has 0 atom stereocenters. The minimum atomic E-state index is 0.601. The molecule has 102 valence electrons. The molecule has 0 fully saturated rings. The van der Waals surface area contributed by atoms with E-state index in [0.717, 1.165) is 23.5 Å². The molecule has 2 rings (SSSR count). The SMILES string of the molecule is COc1cc(Cl)c(C)cc1-n1nnnc1CCCN. The Morgan fingerprint density at radius 2 is 2.21 bits per heavy atom. The van der Waals surface area contributed by atoms with Crippen molar-refractivity contribution in [2.24, 2.45) is 5.73 Å². The molecule has 0 aliphatic rings. The first-order valence-electron chi connectivity index (χ1n) is 5.99. The molecule has 19 heavy (non-hydrogen) atoms. The summed E-state index contributed by atoms with van der Waals surface area (Å²) in [6.45, 7) is 2.53. The minimum absolute atomic E-state index is 0.601. The summed E-state index contributed by atoms with van der Waals surface area (Å²) < 4.78 is 7.00. The quantitative estimate of drug-likeness (QED) is 0.899. The molecule has 0 radical (unpaired) electrons. The Bertz CT molecular complexity index is 569. The molecule has 1 aromatic heterocycles. The van der Waals surface area contributed by atoms with Crippen molar-refractivity contribution in [3.63, 3.8) is 0 Å². The van der Waals surface area contributed by atoms with Crippen molar-refractivity contribution in [3.8, 4) is 11.4 Å². The number of benzene rings is 1. The Kier molecular flexibility index (Phi) is 4.34. The fraction of sp³-hybridized carbons (Fsp3) is 0.417. The Morgan fingerprint density at radius 1 is 1.42 bits per heavy atom. The summed E-state index contributed by atoms with van der Waals surface area (Å²) in [5.74, 6) is 1.39. The van der Waals surface area contributed by atoms with E-state index in [0.29, 0.717) is 23.7 Å². The highest BCUT2D eigenvalue weighted by molar-refractivity contribution is 6.31. The van der Waals surface area contributed by atoms with Gasteiger partial charge in [0.05, 0.1) is 7.11 Å². The number of hydrogen-bond donors (Lipinski definition) is 1. The Labute approximate surface area is 116 Å². The van der Waals surface area contributed by atoms with Crippen LogP contribution in [0.3, 0.4) is 0 Å². The summed E-state index contributed by atoms with van der Waals surface area (Å²) in [6, 6.07) is 3.67. The highest BCUT2D eigenvalue weighted by Crippen LogP contribution is 2.29. The van der Waals surface area contributed by atoms with Crippen LogP contribution in [0.2, 0.25) is 5.02 Å². The van der Waals surface area contributed by atoms with E-state index in [-0.39, 0.29) is 0 Å². The maximum atomic E-state index is 6.09. The number of ether oxygens (including phenoxy) is 1. The zero-order valence-electron chi connectivity index (χ0n) is 10.9. The van der Waals surface area contributed by atoms with Crippen LogP contribution < -0.4 is 10.5 Å². The molecule has 0 saturated heterocycles. The van der Waals surface area contributed by atoms with Crippen LogP contribution >= 0.6 is 11.6 Å². The van der Waals surface area contributed by atoms with E-state index < -0.39 is 0 Å². The van der Waals surface area contributed by atoms with Gasteiger partial charge in [0.1, 0.15) is 11.4 Å². The highest BCUT2D eigenvalue weighted by Gasteiger charge is 2.14. The van der Waals surface area contributed by atoms with E-state index in [9.17, 15) is 0 Å². The molecule has 0 bridgehead atoms. The number of hydrogen-bond acceptors (Lipinski definition) is 5. The van der Waals surface area contributed by atoms with Gasteiger partial charge in [0, 0.05) is 17.5 Å². The van der Waals surface area contributed by atoms with E-state index in [1.54, 1.807) is 17.9 Å². The highest BCUT2D eigenvalue weighted by atomic mass is 35.5. The van der Waals surface area contributed by atoms with Gasteiger partial charge in [0.2, 0.25) is 0 Å². The predicted octanol–water partition coefficient (Wildman–Crippen LogP) is 1.52. The molecule has 2 aromatic rings. The van der Waals surface area contributed by atoms with Crippen molar-refractivity contribution < 1.29 is 4.74 Å². The lowest BCUT2D eigenvalue weighted by Crippen LogP contribution is -2.08. The summed E-state index contributed by atoms with van der Waals surface area (Å²) in [5, 5.41) is 12.4. The lowest BCUT2D eigenvalue weighted by molar-refractivity contribution is 0.411. The van der Waals surface area contributed by atoms with E-state index in [1.165, 1.54) is 0 Å². The number of aromatic nitrogens is 4. The van der Waals surface area contributed by atoms with Crippen LogP contribution in [0.5, 0.6) is 5.75 Å². The largest absolute Gasteiger partial charge is 0.494 e. The minimum Gasteiger partial charge on any atom is -0.494 e. The lowest BCUT2D eigenvalue weighted by atomic mass is 10.2. The molecule has 1 heterocycles. The average Bonchev–Trinajstić information content (AvgIpc) is 2.87. The first-order chi connectivity index (χ1) is 9.17. The van der Waals surface area contributed by atoms with Crippen LogP contribution in [-0.2, 0) is 6.42 Å². The van der Waals surface area contributed by atoms with Crippen molar-refractivity contribution >= 4 is 11.6 Å². The maximum absolute atomic E-state index is 6.09. The normalized spacial score (nSPS) is 10.7.